The van der Waals surface area contributed by atoms with Gasteiger partial charge in [0.05, 0.1) is 40.9 Å². The molecular weight excluding hydrogens is 532 g/mol. The van der Waals surface area contributed by atoms with Gasteiger partial charge in [0.1, 0.15) is 0 Å². The van der Waals surface area contributed by atoms with Crippen molar-refractivity contribution in [3.8, 4) is 21.1 Å². The third kappa shape index (κ3) is 4.07. The summed E-state index contributed by atoms with van der Waals surface area (Å²) in [7, 11) is 0. The molecule has 0 saturated heterocycles. The first-order valence-corrected chi connectivity index (χ1v) is 12.5. The molecule has 0 saturated carbocycles. The summed E-state index contributed by atoms with van der Waals surface area (Å²) in [5.74, 6) is -0.316. The molecule has 5 aromatic rings. The van der Waals surface area contributed by atoms with Gasteiger partial charge >= 0.3 is 5.00 Å². The van der Waals surface area contributed by atoms with Gasteiger partial charge in [-0.1, -0.05) is 29.5 Å². The van der Waals surface area contributed by atoms with Crippen molar-refractivity contribution in [3.05, 3.63) is 79.4 Å². The Balaban J connectivity index is 1.50. The van der Waals surface area contributed by atoms with Gasteiger partial charge in [-0.3, -0.25) is 20.2 Å². The van der Waals surface area contributed by atoms with E-state index in [0.29, 0.717) is 32.2 Å². The maximum Gasteiger partial charge on any atom is 0.324 e. The molecule has 0 atom stereocenters. The third-order valence-electron chi connectivity index (χ3n) is 4.54. The van der Waals surface area contributed by atoms with E-state index in [1.807, 2.05) is 41.8 Å². The second kappa shape index (κ2) is 8.51. The van der Waals surface area contributed by atoms with Crippen LogP contribution in [0, 0.1) is 10.1 Å². The molecule has 1 amide bonds. The van der Waals surface area contributed by atoms with Crippen molar-refractivity contribution in [2.24, 2.45) is 0 Å². The molecule has 32 heavy (non-hydrogen) atoms. The van der Waals surface area contributed by atoms with E-state index < -0.39 is 4.92 Å². The molecule has 4 aromatic heterocycles. The Morgan fingerprint density at radius 1 is 1.00 bits per heavy atom. The number of thiophene rings is 2. The summed E-state index contributed by atoms with van der Waals surface area (Å²) < 4.78 is 1.01. The number of carbonyl (C=O) groups is 1. The summed E-state index contributed by atoms with van der Waals surface area (Å²) in [5.41, 5.74) is 2.37. The number of pyridine rings is 1. The summed E-state index contributed by atoms with van der Waals surface area (Å²) >= 11 is 7.39. The van der Waals surface area contributed by atoms with Crippen LogP contribution in [0.5, 0.6) is 0 Å². The molecule has 158 valence electrons. The standard InChI is InChI=1S/C21H11BrN4O3S3/c22-18-7-5-17(31-18)15-10-30-21(24-15)25-20(27)12-9-14(16-6-8-19(32-16)26(28)29)23-13-4-2-1-3-11(12)13/h1-10H,(H,24,25,27). The molecule has 0 radical (unpaired) electrons. The molecule has 0 aliphatic carbocycles. The van der Waals surface area contributed by atoms with Gasteiger partial charge in [0.2, 0.25) is 0 Å². The van der Waals surface area contributed by atoms with E-state index in [2.05, 4.69) is 31.2 Å². The monoisotopic (exact) mass is 542 g/mol. The molecule has 7 nitrogen and oxygen atoms in total. The number of para-hydroxylation sites is 1. The number of nitrogens with zero attached hydrogens (tertiary/aromatic N) is 3. The fraction of sp³-hybridized carbons (Fsp3) is 0. The van der Waals surface area contributed by atoms with Crippen LogP contribution < -0.4 is 5.32 Å². The molecule has 5 rings (SSSR count). The highest BCUT2D eigenvalue weighted by atomic mass is 79.9. The number of hydrogen-bond donors (Lipinski definition) is 1. The summed E-state index contributed by atoms with van der Waals surface area (Å²) in [6.07, 6.45) is 0. The van der Waals surface area contributed by atoms with Gasteiger partial charge in [0, 0.05) is 16.8 Å². The van der Waals surface area contributed by atoms with Crippen LogP contribution in [0.25, 0.3) is 32.0 Å². The minimum Gasteiger partial charge on any atom is -0.298 e. The van der Waals surface area contributed by atoms with Crippen molar-refractivity contribution in [2.75, 3.05) is 5.32 Å². The number of nitrogens with one attached hydrogen (secondary N) is 1. The van der Waals surface area contributed by atoms with Gasteiger partial charge in [-0.05, 0) is 46.3 Å². The number of aromatic nitrogens is 2. The number of nitro groups is 1. The molecule has 0 bridgehead atoms. The third-order valence-corrected chi connectivity index (χ3v) is 8.00. The normalized spacial score (nSPS) is 11.0. The Kier molecular flexibility index (Phi) is 5.55. The van der Waals surface area contributed by atoms with Crippen LogP contribution in [-0.4, -0.2) is 20.8 Å². The van der Waals surface area contributed by atoms with Crippen molar-refractivity contribution < 1.29 is 9.72 Å². The summed E-state index contributed by atoms with van der Waals surface area (Å²) in [5, 5.41) is 17.0. The Labute approximate surface area is 201 Å². The average molecular weight is 543 g/mol. The van der Waals surface area contributed by atoms with Gasteiger partial charge in [-0.25, -0.2) is 9.97 Å². The van der Waals surface area contributed by atoms with Crippen LogP contribution in [0.1, 0.15) is 10.4 Å². The van der Waals surface area contributed by atoms with Crippen molar-refractivity contribution >= 4 is 76.9 Å². The first-order chi connectivity index (χ1) is 15.5. The summed E-state index contributed by atoms with van der Waals surface area (Å²) in [6.45, 7) is 0. The van der Waals surface area contributed by atoms with Gasteiger partial charge in [0.25, 0.3) is 5.91 Å². The van der Waals surface area contributed by atoms with Gasteiger partial charge in [-0.2, -0.15) is 0 Å². The minimum absolute atomic E-state index is 0.0245. The van der Waals surface area contributed by atoms with E-state index in [-0.39, 0.29) is 10.9 Å². The highest BCUT2D eigenvalue weighted by Crippen LogP contribution is 2.35. The molecule has 0 unspecified atom stereocenters. The number of hydrogen-bond acceptors (Lipinski definition) is 8. The van der Waals surface area contributed by atoms with Crippen LogP contribution in [0.4, 0.5) is 10.1 Å². The van der Waals surface area contributed by atoms with E-state index in [9.17, 15) is 14.9 Å². The van der Waals surface area contributed by atoms with E-state index in [4.69, 9.17) is 0 Å². The smallest absolute Gasteiger partial charge is 0.298 e. The maximum atomic E-state index is 13.2. The fourth-order valence-corrected chi connectivity index (χ4v) is 6.02. The van der Waals surface area contributed by atoms with Crippen molar-refractivity contribution in [1.29, 1.82) is 0 Å². The van der Waals surface area contributed by atoms with E-state index >= 15 is 0 Å². The zero-order valence-electron chi connectivity index (χ0n) is 15.9. The molecule has 0 aliphatic heterocycles. The first-order valence-electron chi connectivity index (χ1n) is 9.15. The number of thiazole rings is 1. The summed E-state index contributed by atoms with van der Waals surface area (Å²) in [4.78, 5) is 34.6. The lowest BCUT2D eigenvalue weighted by molar-refractivity contribution is -0.380. The summed E-state index contributed by atoms with van der Waals surface area (Å²) in [6, 6.07) is 16.0. The zero-order chi connectivity index (χ0) is 22.2. The Bertz CT molecular complexity index is 1490. The second-order valence-corrected chi connectivity index (χ2v) is 10.9. The highest BCUT2D eigenvalue weighted by molar-refractivity contribution is 9.11. The zero-order valence-corrected chi connectivity index (χ0v) is 20.0. The molecule has 0 spiro atoms. The number of amides is 1. The van der Waals surface area contributed by atoms with Crippen molar-refractivity contribution in [3.63, 3.8) is 0 Å². The highest BCUT2D eigenvalue weighted by Gasteiger charge is 2.18. The van der Waals surface area contributed by atoms with Crippen LogP contribution in [0.15, 0.2) is 63.8 Å². The fourth-order valence-electron chi connectivity index (χ4n) is 3.11. The molecule has 1 aromatic carbocycles. The average Bonchev–Trinajstić information content (AvgIpc) is 3.53. The van der Waals surface area contributed by atoms with Crippen LogP contribution in [0.3, 0.4) is 0 Å². The van der Waals surface area contributed by atoms with Crippen LogP contribution >= 0.6 is 49.9 Å². The Hall–Kier alpha value is -2.99. The van der Waals surface area contributed by atoms with Crippen molar-refractivity contribution in [1.82, 2.24) is 9.97 Å². The van der Waals surface area contributed by atoms with Crippen LogP contribution in [0.2, 0.25) is 0 Å². The molecule has 0 aliphatic rings. The first kappa shape index (κ1) is 20.9. The lowest BCUT2D eigenvalue weighted by atomic mass is 10.1. The quantitative estimate of drug-likeness (QED) is 0.189. The number of benzene rings is 1. The number of fused-ring (bicyclic) bond motifs is 1. The maximum absolute atomic E-state index is 13.2. The number of anilines is 1. The SMILES string of the molecule is O=C(Nc1nc(-c2ccc(Br)s2)cs1)c1cc(-c2ccc([N+](=O)[O-])s2)nc2ccccc12. The van der Waals surface area contributed by atoms with Crippen molar-refractivity contribution in [2.45, 2.75) is 0 Å². The number of halogens is 1. The lowest BCUT2D eigenvalue weighted by Crippen LogP contribution is -2.13. The number of carbonyl (C=O) groups excluding carboxylic acids is 1. The minimum atomic E-state index is -0.436. The molecular formula is C21H11BrN4O3S3. The van der Waals surface area contributed by atoms with Gasteiger partial charge in [0.15, 0.2) is 5.13 Å². The van der Waals surface area contributed by atoms with E-state index in [0.717, 1.165) is 25.7 Å². The second-order valence-electron chi connectivity index (χ2n) is 6.56. The predicted molar refractivity (Wildman–Crippen MR) is 133 cm³/mol. The predicted octanol–water partition coefficient (Wildman–Crippen LogP) is 7.07. The van der Waals surface area contributed by atoms with E-state index in [1.165, 1.54) is 17.4 Å². The molecule has 11 heteroatoms. The molecule has 0 fully saturated rings. The topological polar surface area (TPSA) is 98.0 Å². The molecule has 1 N–H and O–H groups in total. The Morgan fingerprint density at radius 2 is 1.78 bits per heavy atom. The lowest BCUT2D eigenvalue weighted by Gasteiger charge is -2.08. The largest absolute Gasteiger partial charge is 0.324 e. The van der Waals surface area contributed by atoms with Gasteiger partial charge in [-0.15, -0.1) is 22.7 Å². The van der Waals surface area contributed by atoms with Crippen LogP contribution in [-0.2, 0) is 0 Å². The molecule has 4 heterocycles. The Morgan fingerprint density at radius 3 is 2.53 bits per heavy atom. The van der Waals surface area contributed by atoms with Gasteiger partial charge < -0.3 is 0 Å². The van der Waals surface area contributed by atoms with E-state index in [1.54, 1.807) is 23.5 Å². The number of rotatable bonds is 5.